The molecule has 0 atom stereocenters. The van der Waals surface area contributed by atoms with E-state index in [1.807, 2.05) is 6.07 Å². The maximum Gasteiger partial charge on any atom is 0.416 e. The Labute approximate surface area is 218 Å². The Kier molecular flexibility index (Phi) is 7.57. The third-order valence-corrected chi connectivity index (χ3v) is 6.52. The molecular weight excluding hydrogens is 521 g/mol. The number of aryl methyl sites for hydroxylation is 1. The highest BCUT2D eigenvalue weighted by molar-refractivity contribution is 7.15. The van der Waals surface area contributed by atoms with E-state index in [2.05, 4.69) is 25.9 Å². The number of aromatic nitrogens is 3. The smallest absolute Gasteiger partial charge is 0.347 e. The van der Waals surface area contributed by atoms with Crippen molar-refractivity contribution in [1.29, 1.82) is 0 Å². The van der Waals surface area contributed by atoms with Crippen molar-refractivity contribution in [3.8, 4) is 5.69 Å². The lowest BCUT2D eigenvalue weighted by Crippen LogP contribution is -2.23. The Morgan fingerprint density at radius 2 is 1.76 bits per heavy atom. The van der Waals surface area contributed by atoms with Gasteiger partial charge < -0.3 is 5.32 Å². The minimum Gasteiger partial charge on any atom is -0.347 e. The lowest BCUT2D eigenvalue weighted by molar-refractivity contribution is -0.137. The van der Waals surface area contributed by atoms with Crippen molar-refractivity contribution in [3.63, 3.8) is 0 Å². The average Bonchev–Trinajstić information content (AvgIpc) is 3.50. The van der Waals surface area contributed by atoms with Gasteiger partial charge in [-0.25, -0.2) is 10.1 Å². The van der Waals surface area contributed by atoms with Gasteiger partial charge in [0, 0.05) is 24.6 Å². The first-order valence-electron chi connectivity index (χ1n) is 11.2. The van der Waals surface area contributed by atoms with Crippen LogP contribution in [0.3, 0.4) is 0 Å². The van der Waals surface area contributed by atoms with Crippen molar-refractivity contribution >= 4 is 28.9 Å². The molecule has 0 saturated carbocycles. The predicted octanol–water partition coefficient (Wildman–Crippen LogP) is 4.03. The second-order valence-electron chi connectivity index (χ2n) is 8.14. The molecule has 38 heavy (non-hydrogen) atoms. The van der Waals surface area contributed by atoms with E-state index in [4.69, 9.17) is 0 Å². The largest absolute Gasteiger partial charge is 0.416 e. The molecule has 2 amide bonds. The number of pyridine rings is 1. The molecule has 0 bridgehead atoms. The number of nitrogens with one attached hydrogen (secondary N) is 3. The number of hydrogen-bond acceptors (Lipinski definition) is 6. The number of nitrogens with zero attached hydrogens (tertiary/aromatic N) is 3. The maximum absolute atomic E-state index is 12.9. The first-order chi connectivity index (χ1) is 18.0. The zero-order chi connectivity index (χ0) is 27.4. The third kappa shape index (κ3) is 5.89. The van der Waals surface area contributed by atoms with Gasteiger partial charge in [-0.15, -0.1) is 11.3 Å². The van der Waals surface area contributed by atoms with E-state index in [9.17, 15) is 27.6 Å². The zero-order valence-corrected chi connectivity index (χ0v) is 20.9. The topological polar surface area (TPSA) is 121 Å². The first-order valence-corrected chi connectivity index (χ1v) is 12.0. The second-order valence-corrected chi connectivity index (χ2v) is 9.23. The quantitative estimate of drug-likeness (QED) is 0.241. The summed E-state index contributed by atoms with van der Waals surface area (Å²) in [5.74, 6) is -0.915. The molecule has 4 rings (SSSR count). The highest BCUT2D eigenvalue weighted by Crippen LogP contribution is 2.29. The van der Waals surface area contributed by atoms with E-state index >= 15 is 0 Å². The Morgan fingerprint density at radius 3 is 2.39 bits per heavy atom. The van der Waals surface area contributed by atoms with E-state index < -0.39 is 23.2 Å². The van der Waals surface area contributed by atoms with Gasteiger partial charge in [0.05, 0.1) is 32.3 Å². The van der Waals surface area contributed by atoms with Crippen molar-refractivity contribution in [1.82, 2.24) is 25.5 Å². The summed E-state index contributed by atoms with van der Waals surface area (Å²) in [4.78, 5) is 42.5. The fraction of sp³-hybridized carbons (Fsp3) is 0.160. The lowest BCUT2D eigenvalue weighted by atomic mass is 10.2. The summed E-state index contributed by atoms with van der Waals surface area (Å²) in [6, 6.07) is 10.7. The molecule has 0 unspecified atom stereocenters. The van der Waals surface area contributed by atoms with E-state index in [1.165, 1.54) is 31.2 Å². The van der Waals surface area contributed by atoms with Crippen LogP contribution in [0, 0.1) is 6.92 Å². The van der Waals surface area contributed by atoms with E-state index in [1.54, 1.807) is 25.4 Å². The lowest BCUT2D eigenvalue weighted by Gasteiger charge is -2.07. The van der Waals surface area contributed by atoms with E-state index in [-0.39, 0.29) is 34.3 Å². The number of thiophene rings is 1. The van der Waals surface area contributed by atoms with Crippen LogP contribution in [0.4, 0.5) is 13.2 Å². The number of halogens is 3. The number of hydrogen-bond donors (Lipinski definition) is 3. The number of rotatable bonds is 7. The number of benzene rings is 1. The molecule has 0 aliphatic heterocycles. The fourth-order valence-electron chi connectivity index (χ4n) is 3.55. The standard InChI is InChI=1S/C25H21F3N6O3S/c1-14(21-15(2)33-34(24(21)37)18-7-5-17(6-8-18)25(26,27)28)31-32-23(36)20-10-9-19(38-20)22(35)30-13-16-4-3-11-29-12-16/h3-12,33H,13H2,1-2H3,(H,30,35)(H,32,36). The molecule has 3 N–H and O–H groups in total. The monoisotopic (exact) mass is 542 g/mol. The molecule has 0 fully saturated rings. The van der Waals surface area contributed by atoms with Crippen molar-refractivity contribution in [3.05, 3.63) is 103 Å². The Bertz CT molecular complexity index is 1550. The van der Waals surface area contributed by atoms with Crippen LogP contribution >= 0.6 is 11.3 Å². The first kappa shape index (κ1) is 26.5. The van der Waals surface area contributed by atoms with Crippen molar-refractivity contribution in [2.75, 3.05) is 0 Å². The molecule has 0 spiro atoms. The van der Waals surface area contributed by atoms with Crippen LogP contribution in [-0.4, -0.2) is 32.3 Å². The van der Waals surface area contributed by atoms with Crippen LogP contribution in [0.15, 0.2) is 70.8 Å². The summed E-state index contributed by atoms with van der Waals surface area (Å²) in [6.45, 7) is 3.41. The van der Waals surface area contributed by atoms with Gasteiger partial charge in [0.25, 0.3) is 17.4 Å². The Balaban J connectivity index is 1.43. The minimum absolute atomic E-state index is 0.159. The number of carbonyl (C=O) groups excluding carboxylic acids is 2. The van der Waals surface area contributed by atoms with Crippen molar-refractivity contribution in [2.45, 2.75) is 26.6 Å². The molecule has 0 aliphatic rings. The van der Waals surface area contributed by atoms with Crippen LogP contribution in [0.2, 0.25) is 0 Å². The van der Waals surface area contributed by atoms with Gasteiger partial charge in [-0.05, 0) is 61.9 Å². The molecular formula is C25H21F3N6O3S. The highest BCUT2D eigenvalue weighted by Gasteiger charge is 2.30. The van der Waals surface area contributed by atoms with Crippen LogP contribution in [-0.2, 0) is 12.7 Å². The van der Waals surface area contributed by atoms with Crippen LogP contribution in [0.1, 0.15) is 48.7 Å². The van der Waals surface area contributed by atoms with Gasteiger partial charge in [0.15, 0.2) is 0 Å². The highest BCUT2D eigenvalue weighted by atomic mass is 32.1. The summed E-state index contributed by atoms with van der Waals surface area (Å²) in [5, 5.41) is 9.57. The number of aromatic amines is 1. The number of alkyl halides is 3. The van der Waals surface area contributed by atoms with Gasteiger partial charge in [0.2, 0.25) is 0 Å². The maximum atomic E-state index is 12.9. The summed E-state index contributed by atoms with van der Waals surface area (Å²) in [6.07, 6.45) is -1.22. The molecule has 13 heteroatoms. The van der Waals surface area contributed by atoms with Gasteiger partial charge in [-0.2, -0.15) is 18.3 Å². The van der Waals surface area contributed by atoms with E-state index in [0.717, 1.165) is 33.7 Å². The molecule has 0 radical (unpaired) electrons. The Morgan fingerprint density at radius 1 is 1.08 bits per heavy atom. The average molecular weight is 543 g/mol. The van der Waals surface area contributed by atoms with Gasteiger partial charge in [-0.3, -0.25) is 24.5 Å². The number of hydrazone groups is 1. The van der Waals surface area contributed by atoms with Crippen molar-refractivity contribution in [2.24, 2.45) is 5.10 Å². The summed E-state index contributed by atoms with van der Waals surface area (Å²) < 4.78 is 39.6. The molecule has 0 aliphatic carbocycles. The van der Waals surface area contributed by atoms with Gasteiger partial charge in [-0.1, -0.05) is 6.07 Å². The molecule has 0 saturated heterocycles. The molecule has 4 aromatic rings. The molecule has 196 valence electrons. The molecule has 9 nitrogen and oxygen atoms in total. The predicted molar refractivity (Wildman–Crippen MR) is 136 cm³/mol. The summed E-state index contributed by atoms with van der Waals surface area (Å²) in [7, 11) is 0. The summed E-state index contributed by atoms with van der Waals surface area (Å²) >= 11 is 0.981. The number of H-pyrrole nitrogens is 1. The molecule has 3 heterocycles. The number of carbonyl (C=O) groups is 2. The van der Waals surface area contributed by atoms with Crippen LogP contribution in [0.25, 0.3) is 5.69 Å². The third-order valence-electron chi connectivity index (χ3n) is 5.44. The van der Waals surface area contributed by atoms with E-state index in [0.29, 0.717) is 10.6 Å². The number of amides is 2. The van der Waals surface area contributed by atoms with Gasteiger partial charge in [0.1, 0.15) is 0 Å². The van der Waals surface area contributed by atoms with Crippen LogP contribution in [0.5, 0.6) is 0 Å². The molecule has 1 aromatic carbocycles. The van der Waals surface area contributed by atoms with Crippen LogP contribution < -0.4 is 16.3 Å². The Hall–Kier alpha value is -4.52. The fourth-order valence-corrected chi connectivity index (χ4v) is 4.37. The zero-order valence-electron chi connectivity index (χ0n) is 20.1. The molecule has 3 aromatic heterocycles. The van der Waals surface area contributed by atoms with Gasteiger partial charge >= 0.3 is 6.18 Å². The second kappa shape index (κ2) is 10.8. The summed E-state index contributed by atoms with van der Waals surface area (Å²) in [5.41, 5.74) is 2.79. The minimum atomic E-state index is -4.49. The normalized spacial score (nSPS) is 11.9. The van der Waals surface area contributed by atoms with Crippen molar-refractivity contribution < 1.29 is 22.8 Å². The SMILES string of the molecule is CC(=NNC(=O)c1ccc(C(=O)NCc2cccnc2)s1)c1c(C)[nH]n(-c2ccc(C(F)(F)F)cc2)c1=O.